The molecule has 1 saturated heterocycles. The number of thioether (sulfide) groups is 1. The minimum Gasteiger partial charge on any atom is -0.322 e. The van der Waals surface area contributed by atoms with Crippen molar-refractivity contribution in [3.05, 3.63) is 53.1 Å². The van der Waals surface area contributed by atoms with Gasteiger partial charge in [0, 0.05) is 23.7 Å². The number of benzene rings is 2. The number of hydrogen-bond donors (Lipinski definition) is 1. The average Bonchev–Trinajstić information content (AvgIpc) is 2.69. The number of amides is 1. The van der Waals surface area contributed by atoms with Crippen LogP contribution in [0, 0.1) is 0 Å². The van der Waals surface area contributed by atoms with E-state index in [4.69, 9.17) is 11.6 Å². The molecule has 1 aliphatic rings. The molecule has 0 unspecified atom stereocenters. The minimum atomic E-state index is -3.63. The molecule has 0 bridgehead atoms. The number of carbonyl (C=O) groups is 1. The second-order valence-electron chi connectivity index (χ2n) is 6.29. The van der Waals surface area contributed by atoms with Gasteiger partial charge in [-0.25, -0.2) is 8.42 Å². The summed E-state index contributed by atoms with van der Waals surface area (Å²) in [4.78, 5) is 13.8. The minimum absolute atomic E-state index is 0.0943. The second-order valence-corrected chi connectivity index (χ2v) is 9.52. The molecule has 27 heavy (non-hydrogen) atoms. The van der Waals surface area contributed by atoms with E-state index in [1.54, 1.807) is 17.8 Å². The zero-order valence-electron chi connectivity index (χ0n) is 14.9. The summed E-state index contributed by atoms with van der Waals surface area (Å²) in [6.07, 6.45) is 4.69. The number of sulfonamides is 1. The fourth-order valence-corrected chi connectivity index (χ4v) is 5.20. The van der Waals surface area contributed by atoms with E-state index in [1.165, 1.54) is 22.5 Å². The topological polar surface area (TPSA) is 66.5 Å². The SMILES string of the molecule is CSc1cccc(NC(=O)c2cc(S(=O)(=O)N3CCCCC3)ccc2Cl)c1. The van der Waals surface area contributed by atoms with Gasteiger partial charge in [0.2, 0.25) is 10.0 Å². The van der Waals surface area contributed by atoms with Gasteiger partial charge in [-0.1, -0.05) is 24.1 Å². The van der Waals surface area contributed by atoms with Gasteiger partial charge in [0.15, 0.2) is 0 Å². The smallest absolute Gasteiger partial charge is 0.257 e. The Morgan fingerprint density at radius 1 is 1.11 bits per heavy atom. The summed E-state index contributed by atoms with van der Waals surface area (Å²) in [6, 6.07) is 11.7. The Hall–Kier alpha value is -1.54. The molecule has 0 spiro atoms. The molecule has 8 heteroatoms. The maximum Gasteiger partial charge on any atom is 0.257 e. The second kappa shape index (κ2) is 8.65. The number of carbonyl (C=O) groups excluding carboxylic acids is 1. The number of hydrogen-bond acceptors (Lipinski definition) is 4. The molecule has 0 radical (unpaired) electrons. The Morgan fingerprint density at radius 3 is 2.56 bits per heavy atom. The monoisotopic (exact) mass is 424 g/mol. The van der Waals surface area contributed by atoms with Gasteiger partial charge in [-0.2, -0.15) is 4.31 Å². The van der Waals surface area contributed by atoms with Crippen molar-refractivity contribution in [2.45, 2.75) is 29.1 Å². The molecule has 2 aromatic rings. The van der Waals surface area contributed by atoms with E-state index >= 15 is 0 Å². The summed E-state index contributed by atoms with van der Waals surface area (Å²) < 4.78 is 27.2. The van der Waals surface area contributed by atoms with E-state index in [0.717, 1.165) is 24.2 Å². The van der Waals surface area contributed by atoms with Crippen molar-refractivity contribution < 1.29 is 13.2 Å². The van der Waals surface area contributed by atoms with Crippen LogP contribution >= 0.6 is 23.4 Å². The highest BCUT2D eigenvalue weighted by molar-refractivity contribution is 7.98. The van der Waals surface area contributed by atoms with E-state index in [0.29, 0.717) is 18.8 Å². The van der Waals surface area contributed by atoms with Gasteiger partial charge in [-0.3, -0.25) is 4.79 Å². The predicted octanol–water partition coefficient (Wildman–Crippen LogP) is 4.49. The molecule has 1 amide bonds. The molecular weight excluding hydrogens is 404 g/mol. The number of piperidine rings is 1. The molecule has 0 aliphatic carbocycles. The lowest BCUT2D eigenvalue weighted by atomic mass is 10.2. The fraction of sp³-hybridized carbons (Fsp3) is 0.316. The van der Waals surface area contributed by atoms with Crippen molar-refractivity contribution in [1.29, 1.82) is 0 Å². The Labute approximate surface area is 169 Å². The van der Waals surface area contributed by atoms with Gasteiger partial charge in [0.05, 0.1) is 15.5 Å². The van der Waals surface area contributed by atoms with E-state index in [9.17, 15) is 13.2 Å². The van der Waals surface area contributed by atoms with Crippen LogP contribution in [0.25, 0.3) is 0 Å². The summed E-state index contributed by atoms with van der Waals surface area (Å²) in [5.74, 6) is -0.436. The highest BCUT2D eigenvalue weighted by Gasteiger charge is 2.27. The Balaban J connectivity index is 1.87. The molecule has 1 fully saturated rings. The van der Waals surface area contributed by atoms with E-state index in [1.807, 2.05) is 24.5 Å². The molecule has 144 valence electrons. The number of rotatable bonds is 5. The summed E-state index contributed by atoms with van der Waals surface area (Å²) in [7, 11) is -3.63. The molecule has 5 nitrogen and oxygen atoms in total. The molecule has 0 saturated carbocycles. The molecule has 0 atom stereocenters. The average molecular weight is 425 g/mol. The molecule has 2 aromatic carbocycles. The number of halogens is 1. The van der Waals surface area contributed by atoms with E-state index < -0.39 is 15.9 Å². The Bertz CT molecular complexity index is 942. The summed E-state index contributed by atoms with van der Waals surface area (Å²) in [6.45, 7) is 1.02. The number of nitrogens with one attached hydrogen (secondary N) is 1. The third-order valence-electron chi connectivity index (χ3n) is 4.46. The van der Waals surface area contributed by atoms with Gasteiger partial charge >= 0.3 is 0 Å². The Kier molecular flexibility index (Phi) is 6.47. The predicted molar refractivity (Wildman–Crippen MR) is 110 cm³/mol. The lowest BCUT2D eigenvalue weighted by Crippen LogP contribution is -2.35. The summed E-state index contributed by atoms with van der Waals surface area (Å²) in [5, 5.41) is 3.00. The van der Waals surface area contributed by atoms with Crippen LogP contribution in [0.4, 0.5) is 5.69 Å². The third kappa shape index (κ3) is 4.66. The first-order valence-corrected chi connectivity index (χ1v) is 11.7. The molecule has 0 aromatic heterocycles. The first-order valence-electron chi connectivity index (χ1n) is 8.67. The Morgan fingerprint density at radius 2 is 1.85 bits per heavy atom. The van der Waals surface area contributed by atoms with E-state index in [-0.39, 0.29) is 15.5 Å². The van der Waals surface area contributed by atoms with Gasteiger partial charge < -0.3 is 5.32 Å². The maximum absolute atomic E-state index is 12.9. The zero-order chi connectivity index (χ0) is 19.4. The van der Waals surface area contributed by atoms with E-state index in [2.05, 4.69) is 5.32 Å². The third-order valence-corrected chi connectivity index (χ3v) is 7.41. The van der Waals surface area contributed by atoms with Crippen LogP contribution in [-0.4, -0.2) is 38.0 Å². The van der Waals surface area contributed by atoms with Crippen LogP contribution in [0.5, 0.6) is 0 Å². The lowest BCUT2D eigenvalue weighted by molar-refractivity contribution is 0.102. The summed E-state index contributed by atoms with van der Waals surface area (Å²) >= 11 is 7.75. The maximum atomic E-state index is 12.9. The molecule has 1 N–H and O–H groups in total. The van der Waals surface area contributed by atoms with Crippen molar-refractivity contribution in [3.63, 3.8) is 0 Å². The van der Waals surface area contributed by atoms with Crippen LogP contribution in [-0.2, 0) is 10.0 Å². The number of nitrogens with zero attached hydrogens (tertiary/aromatic N) is 1. The van der Waals surface area contributed by atoms with Crippen molar-refractivity contribution in [1.82, 2.24) is 4.31 Å². The van der Waals surface area contributed by atoms with Crippen molar-refractivity contribution >= 4 is 45.0 Å². The standard InChI is InChI=1S/C19H21ClN2O3S2/c1-26-15-7-5-6-14(12-15)21-19(23)17-13-16(8-9-18(17)20)27(24,25)22-10-3-2-4-11-22/h5-9,12-13H,2-4,10-11H2,1H3,(H,21,23). The van der Waals surface area contributed by atoms with Gasteiger partial charge in [0.1, 0.15) is 0 Å². The zero-order valence-corrected chi connectivity index (χ0v) is 17.3. The van der Waals surface area contributed by atoms with Crippen LogP contribution < -0.4 is 5.32 Å². The molecule has 1 aliphatic heterocycles. The first kappa shape index (κ1) is 20.2. The number of anilines is 1. The normalized spacial score (nSPS) is 15.5. The largest absolute Gasteiger partial charge is 0.322 e. The van der Waals surface area contributed by atoms with Crippen LogP contribution in [0.2, 0.25) is 5.02 Å². The van der Waals surface area contributed by atoms with Crippen LogP contribution in [0.15, 0.2) is 52.3 Å². The van der Waals surface area contributed by atoms with Crippen molar-refractivity contribution in [3.8, 4) is 0 Å². The molecule has 1 heterocycles. The molecular formula is C19H21ClN2O3S2. The van der Waals surface area contributed by atoms with Gasteiger partial charge in [0.25, 0.3) is 5.91 Å². The van der Waals surface area contributed by atoms with Gasteiger partial charge in [-0.05, 0) is 55.5 Å². The van der Waals surface area contributed by atoms with Crippen molar-refractivity contribution in [2.75, 3.05) is 24.7 Å². The summed E-state index contributed by atoms with van der Waals surface area (Å²) in [5.41, 5.74) is 0.775. The van der Waals surface area contributed by atoms with Crippen LogP contribution in [0.1, 0.15) is 29.6 Å². The lowest BCUT2D eigenvalue weighted by Gasteiger charge is -2.26. The highest BCUT2D eigenvalue weighted by Crippen LogP contribution is 2.26. The first-order chi connectivity index (χ1) is 12.9. The van der Waals surface area contributed by atoms with Gasteiger partial charge in [-0.15, -0.1) is 11.8 Å². The quantitative estimate of drug-likeness (QED) is 0.718. The molecule has 3 rings (SSSR count). The van der Waals surface area contributed by atoms with Crippen LogP contribution in [0.3, 0.4) is 0 Å². The highest BCUT2D eigenvalue weighted by atomic mass is 35.5. The van der Waals surface area contributed by atoms with Crippen molar-refractivity contribution in [2.24, 2.45) is 0 Å². The fourth-order valence-electron chi connectivity index (χ4n) is 2.99.